The normalized spacial score (nSPS) is 19.1. The van der Waals surface area contributed by atoms with Crippen LogP contribution in [0.2, 0.25) is 0 Å². The minimum Gasteiger partial charge on any atom is -0.463 e. The number of carbonyl (C=O) groups is 1. The van der Waals surface area contributed by atoms with Crippen LogP contribution in [0.25, 0.3) is 16.5 Å². The third-order valence-electron chi connectivity index (χ3n) is 4.60. The van der Waals surface area contributed by atoms with Crippen LogP contribution in [-0.4, -0.2) is 12.6 Å². The summed E-state index contributed by atoms with van der Waals surface area (Å²) in [7, 11) is 0. The molecule has 0 bridgehead atoms. The molecular weight excluding hydrogens is 407 g/mol. The number of benzene rings is 1. The second-order valence-electron chi connectivity index (χ2n) is 5.87. The molecule has 1 aromatic carbocycles. The highest BCUT2D eigenvalue weighted by Gasteiger charge is 2.43. The molecule has 2 aromatic rings. The number of allylic oxidation sites excluding steroid dienone is 1. The number of esters is 1. The van der Waals surface area contributed by atoms with Crippen LogP contribution in [0, 0.1) is 3.57 Å². The summed E-state index contributed by atoms with van der Waals surface area (Å²) < 4.78 is 12.1. The van der Waals surface area contributed by atoms with Gasteiger partial charge in [0, 0.05) is 20.6 Å². The van der Waals surface area contributed by atoms with E-state index in [9.17, 15) is 9.59 Å². The molecule has 0 N–H and O–H groups in total. The maximum absolute atomic E-state index is 12.8. The van der Waals surface area contributed by atoms with Crippen LogP contribution in [0.4, 0.5) is 0 Å². The van der Waals surface area contributed by atoms with Gasteiger partial charge in [-0.15, -0.1) is 0 Å². The lowest BCUT2D eigenvalue weighted by Gasteiger charge is -2.36. The predicted octanol–water partition coefficient (Wildman–Crippen LogP) is 4.00. The monoisotopic (exact) mass is 422 g/mol. The summed E-state index contributed by atoms with van der Waals surface area (Å²) >= 11 is 2.19. The number of halogens is 1. The molecule has 0 saturated carbocycles. The second kappa shape index (κ2) is 5.47. The molecule has 0 saturated heterocycles. The molecule has 0 fully saturated rings. The molecule has 2 aliphatic rings. The molecule has 1 unspecified atom stereocenters. The molecule has 0 amide bonds. The summed E-state index contributed by atoms with van der Waals surface area (Å²) in [5.41, 5.74) is 2.93. The van der Waals surface area contributed by atoms with E-state index in [-0.39, 0.29) is 17.3 Å². The van der Waals surface area contributed by atoms with Crippen LogP contribution < -0.4 is 5.43 Å². The summed E-state index contributed by atoms with van der Waals surface area (Å²) in [6, 6.07) is 5.59. The fraction of sp³-hybridized carbons (Fsp3) is 0.333. The molecule has 0 radical (unpaired) electrons. The minimum atomic E-state index is -0.275. The summed E-state index contributed by atoms with van der Waals surface area (Å²) in [6.07, 6.45) is 2.48. The van der Waals surface area contributed by atoms with Crippen molar-refractivity contribution in [2.45, 2.75) is 32.1 Å². The van der Waals surface area contributed by atoms with Gasteiger partial charge in [0.15, 0.2) is 5.43 Å². The molecule has 0 aliphatic heterocycles. The van der Waals surface area contributed by atoms with Crippen molar-refractivity contribution >= 4 is 45.1 Å². The van der Waals surface area contributed by atoms with Crippen LogP contribution >= 0.6 is 22.6 Å². The second-order valence-corrected chi connectivity index (χ2v) is 7.12. The van der Waals surface area contributed by atoms with Crippen LogP contribution in [-0.2, 0) is 9.53 Å². The van der Waals surface area contributed by atoms with Gasteiger partial charge in [0.2, 0.25) is 0 Å². The predicted molar refractivity (Wildman–Crippen MR) is 95.3 cm³/mol. The summed E-state index contributed by atoms with van der Waals surface area (Å²) in [4.78, 5) is 25.0. The lowest BCUT2D eigenvalue weighted by molar-refractivity contribution is -0.138. The zero-order valence-electron chi connectivity index (χ0n) is 12.6. The number of hydrogen-bond acceptors (Lipinski definition) is 4. The molecule has 1 atom stereocenters. The van der Waals surface area contributed by atoms with Crippen LogP contribution in [0.3, 0.4) is 0 Å². The van der Waals surface area contributed by atoms with E-state index in [1.165, 1.54) is 0 Å². The highest BCUT2D eigenvalue weighted by atomic mass is 127. The lowest BCUT2D eigenvalue weighted by Crippen LogP contribution is -2.31. The quantitative estimate of drug-likeness (QED) is 0.543. The van der Waals surface area contributed by atoms with E-state index >= 15 is 0 Å². The van der Waals surface area contributed by atoms with Crippen LogP contribution in [0.1, 0.15) is 43.4 Å². The van der Waals surface area contributed by atoms with Crippen molar-refractivity contribution in [3.63, 3.8) is 0 Å². The molecule has 4 rings (SSSR count). The standard InChI is InChI=1S/C18H15IO4/c1-2-22-18(21)11-5-3-4-10-14(11)17-15(10)16(20)12-8-9(19)6-7-13(12)23-17/h6-8,10H,2-5H2,1H3. The van der Waals surface area contributed by atoms with Gasteiger partial charge in [0.1, 0.15) is 11.3 Å². The molecular formula is C18H15IO4. The molecule has 1 heterocycles. The molecule has 0 spiro atoms. The fourth-order valence-corrected chi connectivity index (χ4v) is 4.10. The van der Waals surface area contributed by atoms with Gasteiger partial charge >= 0.3 is 5.97 Å². The Bertz CT molecular complexity index is 922. The largest absolute Gasteiger partial charge is 0.463 e. The topological polar surface area (TPSA) is 56.5 Å². The first-order valence-corrected chi connectivity index (χ1v) is 8.86. The Labute approximate surface area is 146 Å². The number of fused-ring (bicyclic) bond motifs is 5. The van der Waals surface area contributed by atoms with Gasteiger partial charge in [-0.1, -0.05) is 0 Å². The molecule has 118 valence electrons. The maximum Gasteiger partial charge on any atom is 0.334 e. The fourth-order valence-electron chi connectivity index (χ4n) is 3.61. The van der Waals surface area contributed by atoms with Gasteiger partial charge in [-0.3, -0.25) is 4.79 Å². The average Bonchev–Trinajstić information content (AvgIpc) is 2.53. The van der Waals surface area contributed by atoms with Crippen molar-refractivity contribution in [3.8, 4) is 0 Å². The lowest BCUT2D eigenvalue weighted by atomic mass is 9.68. The highest BCUT2D eigenvalue weighted by molar-refractivity contribution is 14.1. The van der Waals surface area contributed by atoms with Crippen molar-refractivity contribution in [3.05, 3.63) is 48.9 Å². The van der Waals surface area contributed by atoms with E-state index < -0.39 is 0 Å². The van der Waals surface area contributed by atoms with E-state index in [2.05, 4.69) is 22.6 Å². The van der Waals surface area contributed by atoms with Gasteiger partial charge in [0.25, 0.3) is 0 Å². The number of ether oxygens (including phenoxy) is 1. The molecule has 5 heteroatoms. The van der Waals surface area contributed by atoms with Crippen molar-refractivity contribution in [1.82, 2.24) is 0 Å². The minimum absolute atomic E-state index is 0.0247. The average molecular weight is 422 g/mol. The molecule has 1 aromatic heterocycles. The van der Waals surface area contributed by atoms with Crippen LogP contribution in [0.15, 0.2) is 33.0 Å². The Morgan fingerprint density at radius 3 is 3.04 bits per heavy atom. The van der Waals surface area contributed by atoms with Gasteiger partial charge in [0.05, 0.1) is 17.6 Å². The van der Waals surface area contributed by atoms with Crippen molar-refractivity contribution in [2.75, 3.05) is 6.61 Å². The third kappa shape index (κ3) is 2.16. The summed E-state index contributed by atoms with van der Waals surface area (Å²) in [5, 5.41) is 0.623. The SMILES string of the molecule is CCOC(=O)C1=C2c3oc4ccc(I)cc4c(=O)c3C2CCC1. The smallest absolute Gasteiger partial charge is 0.334 e. The summed E-state index contributed by atoms with van der Waals surface area (Å²) in [5.74, 6) is 0.344. The Kier molecular flexibility index (Phi) is 3.55. The summed E-state index contributed by atoms with van der Waals surface area (Å²) in [6.45, 7) is 2.15. The number of rotatable bonds is 2. The first-order valence-electron chi connectivity index (χ1n) is 7.78. The molecule has 2 aliphatic carbocycles. The molecule has 4 nitrogen and oxygen atoms in total. The Hall–Kier alpha value is -1.63. The van der Waals surface area contributed by atoms with E-state index in [0.29, 0.717) is 35.3 Å². The van der Waals surface area contributed by atoms with E-state index in [4.69, 9.17) is 9.15 Å². The zero-order chi connectivity index (χ0) is 16.1. The van der Waals surface area contributed by atoms with Crippen molar-refractivity contribution in [1.29, 1.82) is 0 Å². The maximum atomic E-state index is 12.8. The first kappa shape index (κ1) is 14.9. The highest BCUT2D eigenvalue weighted by Crippen LogP contribution is 2.53. The number of hydrogen-bond donors (Lipinski definition) is 0. The Morgan fingerprint density at radius 1 is 1.43 bits per heavy atom. The van der Waals surface area contributed by atoms with Crippen molar-refractivity contribution < 1.29 is 13.9 Å². The first-order chi connectivity index (χ1) is 11.1. The van der Waals surface area contributed by atoms with Crippen LogP contribution in [0.5, 0.6) is 0 Å². The number of carbonyl (C=O) groups excluding carboxylic acids is 1. The van der Waals surface area contributed by atoms with Crippen molar-refractivity contribution in [2.24, 2.45) is 0 Å². The zero-order valence-corrected chi connectivity index (χ0v) is 14.8. The Balaban J connectivity index is 1.95. The third-order valence-corrected chi connectivity index (χ3v) is 5.27. The van der Waals surface area contributed by atoms with Gasteiger partial charge in [-0.05, 0) is 67.0 Å². The van der Waals surface area contributed by atoms with Gasteiger partial charge < -0.3 is 9.15 Å². The van der Waals surface area contributed by atoms with Gasteiger partial charge in [-0.2, -0.15) is 0 Å². The van der Waals surface area contributed by atoms with E-state index in [1.807, 2.05) is 18.2 Å². The van der Waals surface area contributed by atoms with E-state index in [1.54, 1.807) is 6.92 Å². The molecule has 23 heavy (non-hydrogen) atoms. The van der Waals surface area contributed by atoms with Gasteiger partial charge in [-0.25, -0.2) is 4.79 Å². The van der Waals surface area contributed by atoms with E-state index in [0.717, 1.165) is 27.5 Å². The Morgan fingerprint density at radius 2 is 2.26 bits per heavy atom.